The maximum atomic E-state index is 4.46. The van der Waals surface area contributed by atoms with E-state index in [1.165, 1.54) is 32.1 Å². The van der Waals surface area contributed by atoms with Gasteiger partial charge in [0.2, 0.25) is 0 Å². The molecule has 1 fully saturated rings. The molecule has 1 aliphatic carbocycles. The first-order valence-corrected chi connectivity index (χ1v) is 7.58. The van der Waals surface area contributed by atoms with Crippen molar-refractivity contribution in [3.8, 4) is 0 Å². The monoisotopic (exact) mass is 379 g/mol. The van der Waals surface area contributed by atoms with Crippen molar-refractivity contribution >= 4 is 29.9 Å². The van der Waals surface area contributed by atoms with Crippen LogP contribution in [0.4, 0.5) is 0 Å². The summed E-state index contributed by atoms with van der Waals surface area (Å²) < 4.78 is 0. The lowest BCUT2D eigenvalue weighted by Gasteiger charge is -2.37. The fraction of sp³-hybridized carbons (Fsp3) is 0.933. The minimum atomic E-state index is 0. The van der Waals surface area contributed by atoms with E-state index in [0.29, 0.717) is 5.41 Å². The summed E-state index contributed by atoms with van der Waals surface area (Å²) in [6.07, 6.45) is 6.72. The van der Waals surface area contributed by atoms with Crippen LogP contribution >= 0.6 is 24.0 Å². The normalized spacial score (nSPS) is 27.8. The molecule has 0 aromatic heterocycles. The van der Waals surface area contributed by atoms with Gasteiger partial charge in [-0.1, -0.05) is 20.8 Å². The second-order valence-electron chi connectivity index (χ2n) is 6.98. The van der Waals surface area contributed by atoms with Gasteiger partial charge in [0.1, 0.15) is 0 Å². The molecule has 4 heteroatoms. The second kappa shape index (κ2) is 7.70. The summed E-state index contributed by atoms with van der Waals surface area (Å²) in [5.41, 5.74) is 0.493. The number of halogens is 1. The highest BCUT2D eigenvalue weighted by atomic mass is 127. The largest absolute Gasteiger partial charge is 0.356 e. The van der Waals surface area contributed by atoms with Crippen molar-refractivity contribution in [2.24, 2.45) is 22.2 Å². The van der Waals surface area contributed by atoms with Crippen molar-refractivity contribution in [1.29, 1.82) is 0 Å². The lowest BCUT2D eigenvalue weighted by molar-refractivity contribution is 0.150. The van der Waals surface area contributed by atoms with Crippen molar-refractivity contribution in [2.75, 3.05) is 19.6 Å². The predicted octanol–water partition coefficient (Wildman–Crippen LogP) is 3.40. The topological polar surface area (TPSA) is 36.4 Å². The van der Waals surface area contributed by atoms with Crippen molar-refractivity contribution in [1.82, 2.24) is 10.6 Å². The van der Waals surface area contributed by atoms with Crippen LogP contribution in [0.2, 0.25) is 0 Å². The molecule has 1 saturated carbocycles. The van der Waals surface area contributed by atoms with Gasteiger partial charge in [-0.05, 0) is 49.4 Å². The Labute approximate surface area is 135 Å². The molecule has 0 radical (unpaired) electrons. The van der Waals surface area contributed by atoms with E-state index in [4.69, 9.17) is 0 Å². The van der Waals surface area contributed by atoms with Crippen LogP contribution in [0.25, 0.3) is 0 Å². The average Bonchev–Trinajstić information content (AvgIpc) is 2.37. The van der Waals surface area contributed by atoms with Crippen LogP contribution in [0.15, 0.2) is 4.99 Å². The standard InChI is InChI=1S/C15H29N3.HI/c1-15(2,3)13-7-5-12(6-8-13)11-18-14-16-9-4-10-17-14;/h12-13H,4-11H2,1-3H3,(H2,16,17,18);1H. The number of hydrogen-bond donors (Lipinski definition) is 2. The molecule has 19 heavy (non-hydrogen) atoms. The van der Waals surface area contributed by atoms with Crippen LogP contribution in [0, 0.1) is 17.3 Å². The van der Waals surface area contributed by atoms with Gasteiger partial charge >= 0.3 is 0 Å². The number of guanidine groups is 1. The molecule has 3 nitrogen and oxygen atoms in total. The Balaban J connectivity index is 0.00000180. The summed E-state index contributed by atoms with van der Waals surface area (Å²) in [4.78, 5) is 4.46. The van der Waals surface area contributed by atoms with E-state index in [1.807, 2.05) is 0 Å². The molecule has 0 amide bonds. The smallest absolute Gasteiger partial charge is 0.191 e. The highest BCUT2D eigenvalue weighted by Crippen LogP contribution is 2.39. The molecule has 2 rings (SSSR count). The molecule has 1 heterocycles. The molecule has 0 aromatic rings. The van der Waals surface area contributed by atoms with Crippen LogP contribution < -0.4 is 10.6 Å². The van der Waals surface area contributed by atoms with E-state index < -0.39 is 0 Å². The van der Waals surface area contributed by atoms with Crippen molar-refractivity contribution < 1.29 is 0 Å². The fourth-order valence-corrected chi connectivity index (χ4v) is 3.12. The molecule has 0 saturated heterocycles. The summed E-state index contributed by atoms with van der Waals surface area (Å²) in [5.74, 6) is 2.79. The number of nitrogens with one attached hydrogen (secondary N) is 2. The molecule has 1 aliphatic heterocycles. The highest BCUT2D eigenvalue weighted by Gasteiger charge is 2.29. The quantitative estimate of drug-likeness (QED) is 0.722. The molecular formula is C15H30IN3. The van der Waals surface area contributed by atoms with Crippen molar-refractivity contribution in [3.63, 3.8) is 0 Å². The van der Waals surface area contributed by atoms with E-state index in [0.717, 1.165) is 37.4 Å². The van der Waals surface area contributed by atoms with Gasteiger partial charge in [0.25, 0.3) is 0 Å². The van der Waals surface area contributed by atoms with Crippen LogP contribution in [-0.2, 0) is 0 Å². The average molecular weight is 379 g/mol. The number of aliphatic imine (C=N–C) groups is 1. The van der Waals surface area contributed by atoms with Gasteiger partial charge in [-0.15, -0.1) is 24.0 Å². The van der Waals surface area contributed by atoms with E-state index >= 15 is 0 Å². The molecule has 2 aliphatic rings. The molecule has 112 valence electrons. The SMILES string of the molecule is CC(C)(C)C1CCC(CNC2=NCCCN2)CC1.I. The molecule has 0 atom stereocenters. The van der Waals surface area contributed by atoms with E-state index in [-0.39, 0.29) is 24.0 Å². The van der Waals surface area contributed by atoms with Gasteiger partial charge in [0.15, 0.2) is 5.96 Å². The van der Waals surface area contributed by atoms with Crippen LogP contribution in [-0.4, -0.2) is 25.6 Å². The van der Waals surface area contributed by atoms with E-state index in [1.54, 1.807) is 0 Å². The molecule has 0 spiro atoms. The van der Waals surface area contributed by atoms with Crippen LogP contribution in [0.5, 0.6) is 0 Å². The summed E-state index contributed by atoms with van der Waals surface area (Å²) >= 11 is 0. The Morgan fingerprint density at radius 3 is 2.42 bits per heavy atom. The van der Waals surface area contributed by atoms with Gasteiger partial charge < -0.3 is 10.6 Å². The lowest BCUT2D eigenvalue weighted by atomic mass is 9.70. The fourth-order valence-electron chi connectivity index (χ4n) is 3.12. The Morgan fingerprint density at radius 2 is 1.89 bits per heavy atom. The van der Waals surface area contributed by atoms with Gasteiger partial charge in [0.05, 0.1) is 0 Å². The second-order valence-corrected chi connectivity index (χ2v) is 6.98. The Hall–Kier alpha value is 0. The summed E-state index contributed by atoms with van der Waals surface area (Å²) in [6, 6.07) is 0. The molecule has 2 N–H and O–H groups in total. The Bertz CT molecular complexity index is 288. The molecule has 0 unspecified atom stereocenters. The van der Waals surface area contributed by atoms with E-state index in [2.05, 4.69) is 36.4 Å². The summed E-state index contributed by atoms with van der Waals surface area (Å²) in [7, 11) is 0. The molecular weight excluding hydrogens is 349 g/mol. The van der Waals surface area contributed by atoms with Gasteiger partial charge in [-0.25, -0.2) is 0 Å². The minimum Gasteiger partial charge on any atom is -0.356 e. The summed E-state index contributed by atoms with van der Waals surface area (Å²) in [5, 5.41) is 6.81. The van der Waals surface area contributed by atoms with Crippen molar-refractivity contribution in [3.05, 3.63) is 0 Å². The van der Waals surface area contributed by atoms with E-state index in [9.17, 15) is 0 Å². The number of rotatable bonds is 2. The predicted molar refractivity (Wildman–Crippen MR) is 93.2 cm³/mol. The Morgan fingerprint density at radius 1 is 1.21 bits per heavy atom. The molecule has 0 bridgehead atoms. The lowest BCUT2D eigenvalue weighted by Crippen LogP contribution is -2.43. The van der Waals surface area contributed by atoms with Crippen LogP contribution in [0.3, 0.4) is 0 Å². The first-order valence-electron chi connectivity index (χ1n) is 7.58. The zero-order valence-corrected chi connectivity index (χ0v) is 15.0. The van der Waals surface area contributed by atoms with Gasteiger partial charge in [0, 0.05) is 19.6 Å². The third-order valence-electron chi connectivity index (χ3n) is 4.53. The molecule has 0 aromatic carbocycles. The number of nitrogens with zero attached hydrogens (tertiary/aromatic N) is 1. The maximum absolute atomic E-state index is 4.46. The zero-order chi connectivity index (χ0) is 13.0. The zero-order valence-electron chi connectivity index (χ0n) is 12.7. The van der Waals surface area contributed by atoms with Gasteiger partial charge in [-0.2, -0.15) is 0 Å². The Kier molecular flexibility index (Phi) is 6.91. The van der Waals surface area contributed by atoms with Crippen molar-refractivity contribution in [2.45, 2.75) is 52.9 Å². The minimum absolute atomic E-state index is 0. The summed E-state index contributed by atoms with van der Waals surface area (Å²) in [6.45, 7) is 10.3. The third kappa shape index (κ3) is 5.48. The third-order valence-corrected chi connectivity index (χ3v) is 4.53. The first-order chi connectivity index (χ1) is 8.55. The first kappa shape index (κ1) is 17.1. The van der Waals surface area contributed by atoms with Gasteiger partial charge in [-0.3, -0.25) is 4.99 Å². The van der Waals surface area contributed by atoms with Crippen LogP contribution in [0.1, 0.15) is 52.9 Å². The number of hydrogen-bond acceptors (Lipinski definition) is 3. The highest BCUT2D eigenvalue weighted by molar-refractivity contribution is 14.0. The maximum Gasteiger partial charge on any atom is 0.191 e.